The van der Waals surface area contributed by atoms with Gasteiger partial charge in [0.15, 0.2) is 0 Å². The van der Waals surface area contributed by atoms with Crippen LogP contribution in [-0.4, -0.2) is 30.6 Å². The fourth-order valence-corrected chi connectivity index (χ4v) is 1.78. The van der Waals surface area contributed by atoms with Gasteiger partial charge in [0.1, 0.15) is 6.04 Å². The summed E-state index contributed by atoms with van der Waals surface area (Å²) in [6, 6.07) is -0.602. The first kappa shape index (κ1) is 13.4. The molecule has 1 rings (SSSR count). The highest BCUT2D eigenvalue weighted by atomic mass is 32.1. The molecule has 0 aliphatic heterocycles. The van der Waals surface area contributed by atoms with Crippen molar-refractivity contribution in [2.24, 2.45) is 5.11 Å². The Hall–Kier alpha value is -1.63. The fourth-order valence-electron chi connectivity index (χ4n) is 1.20. The molecule has 0 aromatic carbocycles. The van der Waals surface area contributed by atoms with E-state index in [2.05, 4.69) is 20.3 Å². The highest BCUT2D eigenvalue weighted by Gasteiger charge is 2.22. The van der Waals surface area contributed by atoms with Gasteiger partial charge in [-0.2, -0.15) is 0 Å². The highest BCUT2D eigenvalue weighted by Crippen LogP contribution is 2.14. The van der Waals surface area contributed by atoms with Crippen LogP contribution < -0.4 is 5.32 Å². The third kappa shape index (κ3) is 4.39. The lowest BCUT2D eigenvalue weighted by atomic mass is 10.2. The number of hydrogen-bond donors (Lipinski definition) is 1. The van der Waals surface area contributed by atoms with Crippen molar-refractivity contribution in [3.05, 3.63) is 27.0 Å². The fraction of sp³-hybridized carbons (Fsp3) is 0.556. The van der Waals surface area contributed by atoms with E-state index in [1.54, 1.807) is 17.8 Å². The first-order valence-electron chi connectivity index (χ1n) is 5.08. The summed E-state index contributed by atoms with van der Waals surface area (Å²) in [7, 11) is 0. The summed E-state index contributed by atoms with van der Waals surface area (Å²) in [5.74, 6) is -0.376. The molecule has 1 atom stereocenters. The van der Waals surface area contributed by atoms with Gasteiger partial charge in [-0.1, -0.05) is 5.11 Å². The number of rotatable bonds is 7. The second-order valence-electron chi connectivity index (χ2n) is 3.01. The molecular formula is C9H13N5O2S. The Morgan fingerprint density at radius 2 is 2.65 bits per heavy atom. The number of hydrogen-bond acceptors (Lipinski definition) is 6. The van der Waals surface area contributed by atoms with E-state index in [9.17, 15) is 4.79 Å². The number of aromatic nitrogens is 1. The molecule has 1 heterocycles. The SMILES string of the molecule is CCOC(=O)C(NCCN=[N+]=[N-])c1cscn1. The largest absolute Gasteiger partial charge is 0.465 e. The Morgan fingerprint density at radius 3 is 3.24 bits per heavy atom. The van der Waals surface area contributed by atoms with Gasteiger partial charge in [-0.3, -0.25) is 5.32 Å². The predicted molar refractivity (Wildman–Crippen MR) is 63.5 cm³/mol. The number of nitrogens with zero attached hydrogens (tertiary/aromatic N) is 4. The van der Waals surface area contributed by atoms with Crippen LogP contribution in [0.4, 0.5) is 0 Å². The van der Waals surface area contributed by atoms with Crippen molar-refractivity contribution in [2.45, 2.75) is 13.0 Å². The van der Waals surface area contributed by atoms with Crippen molar-refractivity contribution in [3.63, 3.8) is 0 Å². The molecule has 0 aliphatic rings. The molecule has 1 aromatic heterocycles. The molecule has 92 valence electrons. The molecule has 1 unspecified atom stereocenters. The molecule has 0 saturated carbocycles. The number of carbonyl (C=O) groups is 1. The lowest BCUT2D eigenvalue weighted by molar-refractivity contribution is -0.145. The maximum atomic E-state index is 11.7. The Labute approximate surface area is 102 Å². The Morgan fingerprint density at radius 1 is 1.82 bits per heavy atom. The van der Waals surface area contributed by atoms with E-state index in [4.69, 9.17) is 10.3 Å². The van der Waals surface area contributed by atoms with Gasteiger partial charge in [-0.05, 0) is 12.5 Å². The number of carbonyl (C=O) groups excluding carboxylic acids is 1. The Balaban J connectivity index is 2.59. The third-order valence-electron chi connectivity index (χ3n) is 1.89. The van der Waals surface area contributed by atoms with Gasteiger partial charge in [0.25, 0.3) is 0 Å². The first-order chi connectivity index (χ1) is 8.29. The van der Waals surface area contributed by atoms with Crippen LogP contribution in [0.2, 0.25) is 0 Å². The molecule has 17 heavy (non-hydrogen) atoms. The standard InChI is InChI=1S/C9H13N5O2S/c1-2-16-9(15)8(7-5-17-6-12-7)11-3-4-13-14-10/h5-6,8,11H,2-4H2,1H3. The van der Waals surface area contributed by atoms with Crippen LogP contribution in [0.5, 0.6) is 0 Å². The predicted octanol–water partition coefficient (Wildman–Crippen LogP) is 1.65. The van der Waals surface area contributed by atoms with Crippen molar-refractivity contribution in [2.75, 3.05) is 19.7 Å². The van der Waals surface area contributed by atoms with Crippen molar-refractivity contribution in [1.29, 1.82) is 0 Å². The summed E-state index contributed by atoms with van der Waals surface area (Å²) in [6.45, 7) is 2.73. The monoisotopic (exact) mass is 255 g/mol. The van der Waals surface area contributed by atoms with Gasteiger partial charge >= 0.3 is 5.97 Å². The van der Waals surface area contributed by atoms with Gasteiger partial charge in [0.2, 0.25) is 0 Å². The van der Waals surface area contributed by atoms with E-state index in [1.165, 1.54) is 11.3 Å². The number of azide groups is 1. The van der Waals surface area contributed by atoms with E-state index in [0.29, 0.717) is 18.8 Å². The second-order valence-corrected chi connectivity index (χ2v) is 3.73. The number of ether oxygens (including phenoxy) is 1. The molecule has 1 N–H and O–H groups in total. The summed E-state index contributed by atoms with van der Waals surface area (Å²) in [4.78, 5) is 18.4. The van der Waals surface area contributed by atoms with Crippen LogP contribution in [0.1, 0.15) is 18.7 Å². The van der Waals surface area contributed by atoms with Crippen LogP contribution in [0.3, 0.4) is 0 Å². The molecule has 7 nitrogen and oxygen atoms in total. The smallest absolute Gasteiger partial charge is 0.329 e. The van der Waals surface area contributed by atoms with Crippen LogP contribution in [0.15, 0.2) is 16.0 Å². The number of esters is 1. The maximum Gasteiger partial charge on any atom is 0.329 e. The minimum Gasteiger partial charge on any atom is -0.465 e. The molecule has 8 heteroatoms. The van der Waals surface area contributed by atoms with Gasteiger partial charge in [0.05, 0.1) is 17.8 Å². The van der Waals surface area contributed by atoms with Gasteiger partial charge in [0, 0.05) is 23.4 Å². The summed E-state index contributed by atoms with van der Waals surface area (Å²) in [5, 5.41) is 8.10. The summed E-state index contributed by atoms with van der Waals surface area (Å²) >= 11 is 1.41. The van der Waals surface area contributed by atoms with Crippen molar-refractivity contribution < 1.29 is 9.53 Å². The number of nitrogens with one attached hydrogen (secondary N) is 1. The molecule has 0 radical (unpaired) electrons. The van der Waals surface area contributed by atoms with Crippen LogP contribution in [-0.2, 0) is 9.53 Å². The minimum absolute atomic E-state index is 0.274. The quantitative estimate of drug-likeness (QED) is 0.263. The molecule has 1 aromatic rings. The molecule has 0 fully saturated rings. The Kier molecular flexibility index (Phi) is 6.02. The summed E-state index contributed by atoms with van der Waals surface area (Å²) < 4.78 is 4.94. The van der Waals surface area contributed by atoms with Gasteiger partial charge in [-0.15, -0.1) is 11.3 Å². The lowest BCUT2D eigenvalue weighted by Crippen LogP contribution is -2.32. The molecule has 0 spiro atoms. The average Bonchev–Trinajstić information content (AvgIpc) is 2.83. The molecule has 0 aliphatic carbocycles. The van der Waals surface area contributed by atoms with Crippen LogP contribution >= 0.6 is 11.3 Å². The topological polar surface area (TPSA) is 100.0 Å². The normalized spacial score (nSPS) is 11.6. The van der Waals surface area contributed by atoms with E-state index in [-0.39, 0.29) is 12.5 Å². The van der Waals surface area contributed by atoms with Gasteiger partial charge < -0.3 is 4.74 Å². The second kappa shape index (κ2) is 7.61. The van der Waals surface area contributed by atoms with E-state index >= 15 is 0 Å². The summed E-state index contributed by atoms with van der Waals surface area (Å²) in [5.41, 5.74) is 10.4. The van der Waals surface area contributed by atoms with Crippen molar-refractivity contribution >= 4 is 17.3 Å². The first-order valence-corrected chi connectivity index (χ1v) is 6.02. The van der Waals surface area contributed by atoms with E-state index in [0.717, 1.165) is 0 Å². The molecular weight excluding hydrogens is 242 g/mol. The lowest BCUT2D eigenvalue weighted by Gasteiger charge is -2.14. The van der Waals surface area contributed by atoms with Crippen LogP contribution in [0.25, 0.3) is 10.4 Å². The summed E-state index contributed by atoms with van der Waals surface area (Å²) in [6.07, 6.45) is 0. The van der Waals surface area contributed by atoms with Crippen LogP contribution in [0, 0.1) is 0 Å². The van der Waals surface area contributed by atoms with E-state index < -0.39 is 6.04 Å². The molecule has 0 saturated heterocycles. The van der Waals surface area contributed by atoms with Crippen molar-refractivity contribution in [3.8, 4) is 0 Å². The van der Waals surface area contributed by atoms with Gasteiger partial charge in [-0.25, -0.2) is 9.78 Å². The highest BCUT2D eigenvalue weighted by molar-refractivity contribution is 7.07. The molecule has 0 bridgehead atoms. The zero-order valence-electron chi connectivity index (χ0n) is 9.37. The minimum atomic E-state index is -0.602. The van der Waals surface area contributed by atoms with E-state index in [1.807, 2.05) is 0 Å². The number of thiazole rings is 1. The molecule has 0 amide bonds. The zero-order chi connectivity index (χ0) is 12.5. The third-order valence-corrected chi connectivity index (χ3v) is 2.50. The maximum absolute atomic E-state index is 11.7. The Bertz CT molecular complexity index is 388. The van der Waals surface area contributed by atoms with Crippen molar-refractivity contribution in [1.82, 2.24) is 10.3 Å². The average molecular weight is 255 g/mol. The zero-order valence-corrected chi connectivity index (χ0v) is 10.2.